The minimum absolute atomic E-state index is 0.634. The van der Waals surface area contributed by atoms with Crippen LogP contribution in [0.5, 0.6) is 0 Å². The zero-order valence-corrected chi connectivity index (χ0v) is 8.42. The van der Waals surface area contributed by atoms with E-state index in [2.05, 4.69) is 0 Å². The van der Waals surface area contributed by atoms with Gasteiger partial charge in [0.2, 0.25) is 0 Å². The molecular formula is C8H7ClF3P. The predicted octanol–water partition coefficient (Wildman–Crippen LogP) is 3.60. The Bertz CT molecular complexity index is 278. The van der Waals surface area contributed by atoms with Gasteiger partial charge in [-0.3, -0.25) is 0 Å². The zero-order chi connectivity index (χ0) is 10.1. The van der Waals surface area contributed by atoms with E-state index < -0.39 is 19.0 Å². The van der Waals surface area contributed by atoms with E-state index in [1.54, 1.807) is 6.66 Å². The molecule has 0 saturated carbocycles. The first-order valence-electron chi connectivity index (χ1n) is 3.48. The van der Waals surface area contributed by atoms with Crippen molar-refractivity contribution in [2.75, 3.05) is 6.66 Å². The minimum atomic E-state index is -4.26. The molecule has 0 N–H and O–H groups in total. The molecule has 1 unspecified atom stereocenters. The van der Waals surface area contributed by atoms with Gasteiger partial charge in [-0.15, -0.1) is 0 Å². The molecule has 1 rings (SSSR count). The van der Waals surface area contributed by atoms with Crippen molar-refractivity contribution in [3.05, 3.63) is 29.8 Å². The van der Waals surface area contributed by atoms with E-state index in [0.717, 1.165) is 17.4 Å². The molecule has 0 fully saturated rings. The number of benzene rings is 1. The molecule has 0 aliphatic rings. The number of rotatable bonds is 1. The largest absolute Gasteiger partial charge is 0.416 e. The molecule has 0 aliphatic carbocycles. The lowest BCUT2D eigenvalue weighted by Crippen LogP contribution is -2.06. The lowest BCUT2D eigenvalue weighted by molar-refractivity contribution is -0.137. The van der Waals surface area contributed by atoms with Crippen LogP contribution in [0.25, 0.3) is 0 Å². The Kier molecular flexibility index (Phi) is 3.20. The van der Waals surface area contributed by atoms with Gasteiger partial charge < -0.3 is 0 Å². The number of hydrogen-bond acceptors (Lipinski definition) is 0. The molecule has 1 atom stereocenters. The number of alkyl halides is 3. The summed E-state index contributed by atoms with van der Waals surface area (Å²) < 4.78 is 36.3. The summed E-state index contributed by atoms with van der Waals surface area (Å²) in [5.74, 6) is 0. The fraction of sp³-hybridized carbons (Fsp3) is 0.250. The van der Waals surface area contributed by atoms with Crippen molar-refractivity contribution in [1.82, 2.24) is 0 Å². The lowest BCUT2D eigenvalue weighted by Gasteiger charge is -2.08. The molecule has 0 spiro atoms. The van der Waals surface area contributed by atoms with Crippen molar-refractivity contribution < 1.29 is 13.2 Å². The smallest absolute Gasteiger partial charge is 0.166 e. The maximum absolute atomic E-state index is 12.1. The van der Waals surface area contributed by atoms with Gasteiger partial charge in [-0.1, -0.05) is 23.4 Å². The molecule has 0 bridgehead atoms. The van der Waals surface area contributed by atoms with Crippen LogP contribution in [0.15, 0.2) is 24.3 Å². The Labute approximate surface area is 80.3 Å². The molecular weight excluding hydrogens is 220 g/mol. The molecule has 5 heteroatoms. The van der Waals surface area contributed by atoms with Crippen molar-refractivity contribution in [3.8, 4) is 0 Å². The van der Waals surface area contributed by atoms with Gasteiger partial charge in [0.25, 0.3) is 0 Å². The van der Waals surface area contributed by atoms with Crippen LogP contribution in [0.2, 0.25) is 0 Å². The predicted molar refractivity (Wildman–Crippen MR) is 49.8 cm³/mol. The molecule has 0 saturated heterocycles. The van der Waals surface area contributed by atoms with E-state index in [1.165, 1.54) is 12.1 Å². The van der Waals surface area contributed by atoms with Gasteiger partial charge in [-0.05, 0) is 24.1 Å². The second-order valence-corrected chi connectivity index (χ2v) is 5.51. The lowest BCUT2D eigenvalue weighted by atomic mass is 10.2. The Morgan fingerprint density at radius 2 is 1.62 bits per heavy atom. The van der Waals surface area contributed by atoms with Crippen LogP contribution in [0.3, 0.4) is 0 Å². The SMILES string of the molecule is CP(Cl)c1ccc(C(F)(F)F)cc1. The van der Waals surface area contributed by atoms with Crippen molar-refractivity contribution in [1.29, 1.82) is 0 Å². The average Bonchev–Trinajstić information content (AvgIpc) is 2.03. The summed E-state index contributed by atoms with van der Waals surface area (Å²) in [7, 11) is -0.839. The summed E-state index contributed by atoms with van der Waals surface area (Å²) >= 11 is 5.75. The molecule has 0 aromatic heterocycles. The van der Waals surface area contributed by atoms with Gasteiger partial charge in [0.05, 0.1) is 5.56 Å². The number of halogens is 4. The van der Waals surface area contributed by atoms with Gasteiger partial charge >= 0.3 is 6.18 Å². The van der Waals surface area contributed by atoms with Gasteiger partial charge in [-0.2, -0.15) is 13.2 Å². The molecule has 0 aliphatic heterocycles. The van der Waals surface area contributed by atoms with Crippen LogP contribution < -0.4 is 5.30 Å². The van der Waals surface area contributed by atoms with E-state index in [-0.39, 0.29) is 0 Å². The second-order valence-electron chi connectivity index (χ2n) is 2.52. The van der Waals surface area contributed by atoms with Crippen LogP contribution >= 0.6 is 18.5 Å². The fourth-order valence-corrected chi connectivity index (χ4v) is 1.75. The van der Waals surface area contributed by atoms with Gasteiger partial charge in [0.15, 0.2) is 0 Å². The molecule has 0 heterocycles. The van der Waals surface area contributed by atoms with Crippen molar-refractivity contribution in [2.24, 2.45) is 0 Å². The van der Waals surface area contributed by atoms with Crippen molar-refractivity contribution in [3.63, 3.8) is 0 Å². The summed E-state index contributed by atoms with van der Waals surface area (Å²) in [6.45, 7) is 1.78. The topological polar surface area (TPSA) is 0 Å². The third kappa shape index (κ3) is 2.85. The van der Waals surface area contributed by atoms with Crippen molar-refractivity contribution >= 4 is 23.8 Å². The Balaban J connectivity index is 2.94. The quantitative estimate of drug-likeness (QED) is 0.642. The van der Waals surface area contributed by atoms with Crippen LogP contribution in [0.1, 0.15) is 5.56 Å². The summed E-state index contributed by atoms with van der Waals surface area (Å²) in [5, 5.41) is 0.754. The highest BCUT2D eigenvalue weighted by Gasteiger charge is 2.29. The Morgan fingerprint density at radius 1 is 1.15 bits per heavy atom. The van der Waals surface area contributed by atoms with Gasteiger partial charge in [0.1, 0.15) is 0 Å². The molecule has 1 aromatic rings. The molecule has 0 nitrogen and oxygen atoms in total. The Hall–Kier alpha value is -0.270. The van der Waals surface area contributed by atoms with Crippen LogP contribution in [-0.2, 0) is 6.18 Å². The van der Waals surface area contributed by atoms with Crippen molar-refractivity contribution in [2.45, 2.75) is 6.18 Å². The van der Waals surface area contributed by atoms with Crippen LogP contribution in [0.4, 0.5) is 13.2 Å². The normalized spacial score (nSPS) is 14.2. The van der Waals surface area contributed by atoms with E-state index in [1.807, 2.05) is 0 Å². The van der Waals surface area contributed by atoms with E-state index in [9.17, 15) is 13.2 Å². The third-order valence-electron chi connectivity index (χ3n) is 1.55. The monoisotopic (exact) mass is 226 g/mol. The highest BCUT2D eigenvalue weighted by molar-refractivity contribution is 7.89. The van der Waals surface area contributed by atoms with E-state index >= 15 is 0 Å². The standard InChI is InChI=1S/C8H7ClF3P/c1-13(9)7-4-2-6(3-5-7)8(10,11)12/h2-5H,1H3. The highest BCUT2D eigenvalue weighted by Crippen LogP contribution is 2.36. The summed E-state index contributed by atoms with van der Waals surface area (Å²) in [5.41, 5.74) is -0.634. The van der Waals surface area contributed by atoms with Crippen LogP contribution in [-0.4, -0.2) is 6.66 Å². The highest BCUT2D eigenvalue weighted by atomic mass is 35.7. The maximum atomic E-state index is 12.1. The van der Waals surface area contributed by atoms with E-state index in [0.29, 0.717) is 0 Å². The molecule has 13 heavy (non-hydrogen) atoms. The first-order valence-corrected chi connectivity index (χ1v) is 6.17. The minimum Gasteiger partial charge on any atom is -0.166 e. The first kappa shape index (κ1) is 10.8. The van der Waals surface area contributed by atoms with Gasteiger partial charge in [-0.25, -0.2) is 0 Å². The summed E-state index contributed by atoms with van der Waals surface area (Å²) in [6, 6.07) is 4.94. The molecule has 0 radical (unpaired) electrons. The zero-order valence-electron chi connectivity index (χ0n) is 6.77. The fourth-order valence-electron chi connectivity index (χ4n) is 0.856. The Morgan fingerprint density at radius 3 is 1.92 bits per heavy atom. The average molecular weight is 227 g/mol. The molecule has 0 amide bonds. The van der Waals surface area contributed by atoms with Crippen LogP contribution in [0, 0.1) is 0 Å². The molecule has 72 valence electrons. The van der Waals surface area contributed by atoms with E-state index in [4.69, 9.17) is 11.2 Å². The summed E-state index contributed by atoms with van der Waals surface area (Å²) in [4.78, 5) is 0. The number of hydrogen-bond donors (Lipinski definition) is 0. The first-order chi connectivity index (χ1) is 5.91. The second kappa shape index (κ2) is 3.85. The molecule has 1 aromatic carbocycles. The third-order valence-corrected chi connectivity index (χ3v) is 3.15. The maximum Gasteiger partial charge on any atom is 0.416 e. The van der Waals surface area contributed by atoms with Gasteiger partial charge in [0, 0.05) is 7.27 Å². The summed E-state index contributed by atoms with van der Waals surface area (Å²) in [6.07, 6.45) is -4.26.